The highest BCUT2D eigenvalue weighted by molar-refractivity contribution is 5.85. The second-order valence-corrected chi connectivity index (χ2v) is 6.13. The van der Waals surface area contributed by atoms with Gasteiger partial charge in [-0.25, -0.2) is 0 Å². The number of carbonyl (C=O) groups is 2. The van der Waals surface area contributed by atoms with Crippen LogP contribution in [0.4, 0.5) is 5.69 Å². The summed E-state index contributed by atoms with van der Waals surface area (Å²) in [7, 11) is 0. The fourth-order valence-electron chi connectivity index (χ4n) is 2.39. The first-order valence-corrected chi connectivity index (χ1v) is 8.46. The third-order valence-electron chi connectivity index (χ3n) is 3.63. The van der Waals surface area contributed by atoms with E-state index in [1.54, 1.807) is 18.2 Å². The minimum Gasteiger partial charge on any atom is -0.484 e. The Morgan fingerprint density at radius 1 is 1.11 bits per heavy atom. The Morgan fingerprint density at radius 2 is 1.75 bits per heavy atom. The zero-order valence-electron chi connectivity index (χ0n) is 15.7. The predicted molar refractivity (Wildman–Crippen MR) is 101 cm³/mol. The largest absolute Gasteiger partial charge is 0.484 e. The number of amides is 2. The molecule has 0 aliphatic rings. The van der Waals surface area contributed by atoms with Crippen LogP contribution >= 0.6 is 0 Å². The highest BCUT2D eigenvalue weighted by atomic mass is 16.6. The molecule has 2 N–H and O–H groups in total. The number of nitrogens with zero attached hydrogens (tertiary/aromatic N) is 1. The van der Waals surface area contributed by atoms with Gasteiger partial charge in [-0.05, 0) is 50.1 Å². The summed E-state index contributed by atoms with van der Waals surface area (Å²) < 4.78 is 10.7. The monoisotopic (exact) mass is 387 g/mol. The second kappa shape index (κ2) is 9.36. The van der Waals surface area contributed by atoms with E-state index < -0.39 is 22.8 Å². The van der Waals surface area contributed by atoms with Crippen molar-refractivity contribution in [3.8, 4) is 11.5 Å². The van der Waals surface area contributed by atoms with Gasteiger partial charge in [0.1, 0.15) is 5.75 Å². The molecule has 1 atom stereocenters. The van der Waals surface area contributed by atoms with Crippen LogP contribution in [0.1, 0.15) is 18.1 Å². The quantitative estimate of drug-likeness (QED) is 0.555. The third kappa shape index (κ3) is 5.97. The Hall–Kier alpha value is -3.62. The number of nitro benzene ring substituents is 1. The Labute approximate surface area is 161 Å². The summed E-state index contributed by atoms with van der Waals surface area (Å²) in [5, 5.41) is 11.0. The molecule has 0 unspecified atom stereocenters. The van der Waals surface area contributed by atoms with Gasteiger partial charge in [0.15, 0.2) is 18.5 Å². The van der Waals surface area contributed by atoms with Gasteiger partial charge in [0, 0.05) is 6.07 Å². The molecular weight excluding hydrogens is 366 g/mol. The summed E-state index contributed by atoms with van der Waals surface area (Å²) >= 11 is 0. The van der Waals surface area contributed by atoms with Gasteiger partial charge in [0.25, 0.3) is 11.8 Å². The van der Waals surface area contributed by atoms with E-state index in [1.807, 2.05) is 19.9 Å². The van der Waals surface area contributed by atoms with Crippen molar-refractivity contribution >= 4 is 17.5 Å². The molecule has 0 aliphatic carbocycles. The smallest absolute Gasteiger partial charge is 0.310 e. The van der Waals surface area contributed by atoms with Crippen molar-refractivity contribution in [3.05, 3.63) is 63.7 Å². The van der Waals surface area contributed by atoms with Crippen molar-refractivity contribution in [2.24, 2.45) is 0 Å². The highest BCUT2D eigenvalue weighted by Gasteiger charge is 2.21. The molecule has 0 radical (unpaired) electrons. The van der Waals surface area contributed by atoms with Gasteiger partial charge >= 0.3 is 5.69 Å². The molecule has 0 aliphatic heterocycles. The first kappa shape index (κ1) is 20.7. The van der Waals surface area contributed by atoms with E-state index in [1.165, 1.54) is 25.1 Å². The highest BCUT2D eigenvalue weighted by Crippen LogP contribution is 2.26. The zero-order valence-corrected chi connectivity index (χ0v) is 15.7. The molecule has 148 valence electrons. The Bertz CT molecular complexity index is 863. The molecular formula is C19H21N3O6. The van der Waals surface area contributed by atoms with Crippen molar-refractivity contribution < 1.29 is 24.0 Å². The van der Waals surface area contributed by atoms with Crippen LogP contribution in [0.5, 0.6) is 11.5 Å². The van der Waals surface area contributed by atoms with Crippen LogP contribution < -0.4 is 20.3 Å². The number of hydrogen-bond donors (Lipinski definition) is 2. The van der Waals surface area contributed by atoms with Crippen molar-refractivity contribution in [1.82, 2.24) is 10.9 Å². The van der Waals surface area contributed by atoms with Gasteiger partial charge in [-0.3, -0.25) is 30.6 Å². The van der Waals surface area contributed by atoms with Crippen LogP contribution in [-0.2, 0) is 9.59 Å². The average molecular weight is 387 g/mol. The van der Waals surface area contributed by atoms with E-state index in [9.17, 15) is 19.7 Å². The summed E-state index contributed by atoms with van der Waals surface area (Å²) in [6.45, 7) is 4.95. The maximum Gasteiger partial charge on any atom is 0.310 e. The van der Waals surface area contributed by atoms with Gasteiger partial charge < -0.3 is 9.47 Å². The number of rotatable bonds is 7. The summed E-state index contributed by atoms with van der Waals surface area (Å²) in [6, 6.07) is 11.3. The number of nitro groups is 1. The van der Waals surface area contributed by atoms with Crippen molar-refractivity contribution in [1.29, 1.82) is 0 Å². The van der Waals surface area contributed by atoms with E-state index in [0.717, 1.165) is 11.1 Å². The first-order chi connectivity index (χ1) is 13.3. The number of benzene rings is 2. The fraction of sp³-hybridized carbons (Fsp3) is 0.263. The fourth-order valence-corrected chi connectivity index (χ4v) is 2.39. The first-order valence-electron chi connectivity index (χ1n) is 8.46. The normalized spacial score (nSPS) is 11.2. The number of para-hydroxylation sites is 2. The van der Waals surface area contributed by atoms with Crippen molar-refractivity contribution in [2.45, 2.75) is 26.9 Å². The van der Waals surface area contributed by atoms with E-state index >= 15 is 0 Å². The lowest BCUT2D eigenvalue weighted by molar-refractivity contribution is -0.386. The lowest BCUT2D eigenvalue weighted by Gasteiger charge is -2.15. The SMILES string of the molecule is Cc1cc(C)cc(OCC(=O)NNC(=O)[C@@H](C)Oc2ccccc2[N+](=O)[O-])c1. The number of carbonyl (C=O) groups excluding carboxylic acids is 2. The molecule has 2 aromatic carbocycles. The van der Waals surface area contributed by atoms with Crippen molar-refractivity contribution in [2.75, 3.05) is 6.61 Å². The summed E-state index contributed by atoms with van der Waals surface area (Å²) in [6.07, 6.45) is -1.07. The third-order valence-corrected chi connectivity index (χ3v) is 3.63. The van der Waals surface area contributed by atoms with Crippen molar-refractivity contribution in [3.63, 3.8) is 0 Å². The van der Waals surface area contributed by atoms with Crippen LogP contribution in [0.3, 0.4) is 0 Å². The lowest BCUT2D eigenvalue weighted by atomic mass is 10.1. The second-order valence-electron chi connectivity index (χ2n) is 6.13. The molecule has 9 heteroatoms. The number of hydrazine groups is 1. The molecule has 2 rings (SSSR count). The Balaban J connectivity index is 1.82. The number of hydrogen-bond acceptors (Lipinski definition) is 6. The van der Waals surface area contributed by atoms with Crippen LogP contribution in [0.2, 0.25) is 0 Å². The van der Waals surface area contributed by atoms with E-state index in [4.69, 9.17) is 9.47 Å². The molecule has 0 saturated heterocycles. The minimum absolute atomic E-state index is 0.0420. The lowest BCUT2D eigenvalue weighted by Crippen LogP contribution is -2.48. The molecule has 2 amide bonds. The Kier molecular flexibility index (Phi) is 6.91. The molecule has 0 bridgehead atoms. The predicted octanol–water partition coefficient (Wildman–Crippen LogP) is 2.21. The van der Waals surface area contributed by atoms with E-state index in [2.05, 4.69) is 10.9 Å². The summed E-state index contributed by atoms with van der Waals surface area (Å²) in [5.41, 5.74) is 6.16. The number of ether oxygens (including phenoxy) is 2. The zero-order chi connectivity index (χ0) is 20.7. The van der Waals surface area contributed by atoms with E-state index in [0.29, 0.717) is 5.75 Å². The van der Waals surface area contributed by atoms with Crippen LogP contribution in [0.15, 0.2) is 42.5 Å². The minimum atomic E-state index is -1.07. The summed E-state index contributed by atoms with van der Waals surface area (Å²) in [5.74, 6) is -0.727. The van der Waals surface area contributed by atoms with Gasteiger partial charge in [-0.15, -0.1) is 0 Å². The van der Waals surface area contributed by atoms with Gasteiger partial charge in [0.05, 0.1) is 4.92 Å². The molecule has 0 aromatic heterocycles. The maximum absolute atomic E-state index is 12.0. The molecule has 9 nitrogen and oxygen atoms in total. The molecule has 0 spiro atoms. The van der Waals surface area contributed by atoms with Gasteiger partial charge in [0.2, 0.25) is 0 Å². The van der Waals surface area contributed by atoms with Gasteiger partial charge in [-0.2, -0.15) is 0 Å². The maximum atomic E-state index is 12.0. The number of aryl methyl sites for hydroxylation is 2. The van der Waals surface area contributed by atoms with Gasteiger partial charge in [-0.1, -0.05) is 18.2 Å². The number of nitrogens with one attached hydrogen (secondary N) is 2. The van der Waals surface area contributed by atoms with E-state index in [-0.39, 0.29) is 18.0 Å². The van der Waals surface area contributed by atoms with Crippen LogP contribution in [0.25, 0.3) is 0 Å². The molecule has 0 fully saturated rings. The molecule has 2 aromatic rings. The molecule has 28 heavy (non-hydrogen) atoms. The van der Waals surface area contributed by atoms with Crippen LogP contribution in [0, 0.1) is 24.0 Å². The topological polar surface area (TPSA) is 120 Å². The Morgan fingerprint density at radius 3 is 2.39 bits per heavy atom. The molecule has 0 saturated carbocycles. The average Bonchev–Trinajstić information content (AvgIpc) is 2.63. The standard InChI is InChI=1S/C19H21N3O6/c1-12-8-13(2)10-15(9-12)27-11-18(23)20-21-19(24)14(3)28-17-7-5-4-6-16(17)22(25)26/h4-10,14H,11H2,1-3H3,(H,20,23)(H,21,24)/t14-/m1/s1. The van der Waals surface area contributed by atoms with Crippen LogP contribution in [-0.4, -0.2) is 29.4 Å². The molecule has 0 heterocycles. The summed E-state index contributed by atoms with van der Waals surface area (Å²) in [4.78, 5) is 34.2.